The Balaban J connectivity index is 2.76. The molecule has 2 nitrogen and oxygen atoms in total. The summed E-state index contributed by atoms with van der Waals surface area (Å²) in [6.07, 6.45) is 1.84. The fourth-order valence-electron chi connectivity index (χ4n) is 1.06. The third-order valence-electron chi connectivity index (χ3n) is 1.83. The largest absolute Gasteiger partial charge is 0.466 e. The summed E-state index contributed by atoms with van der Waals surface area (Å²) in [6.45, 7) is 0. The fraction of sp³-hybridized carbons (Fsp3) is 0.0833. The van der Waals surface area contributed by atoms with Crippen molar-refractivity contribution in [2.45, 2.75) is 0 Å². The lowest BCUT2D eigenvalue weighted by molar-refractivity contribution is -0.134. The second kappa shape index (κ2) is 5.80. The van der Waals surface area contributed by atoms with E-state index in [0.29, 0.717) is 5.56 Å². The van der Waals surface area contributed by atoms with Crippen molar-refractivity contribution in [2.75, 3.05) is 7.11 Å². The third-order valence-corrected chi connectivity index (χ3v) is 1.83. The molecule has 4 heteroatoms. The van der Waals surface area contributed by atoms with Crippen molar-refractivity contribution in [3.05, 3.63) is 47.5 Å². The monoisotopic (exact) mass is 224 g/mol. The zero-order valence-electron chi connectivity index (χ0n) is 8.61. The maximum absolute atomic E-state index is 11.9. The van der Waals surface area contributed by atoms with Gasteiger partial charge in [0, 0.05) is 12.2 Å². The van der Waals surface area contributed by atoms with Crippen molar-refractivity contribution in [1.82, 2.24) is 0 Å². The molecule has 0 fully saturated rings. The van der Waals surface area contributed by atoms with E-state index in [0.717, 1.165) is 11.6 Å². The zero-order valence-corrected chi connectivity index (χ0v) is 8.61. The van der Waals surface area contributed by atoms with E-state index in [4.69, 9.17) is 0 Å². The topological polar surface area (TPSA) is 26.3 Å². The Morgan fingerprint density at radius 1 is 1.19 bits per heavy atom. The minimum atomic E-state index is -1.74. The van der Waals surface area contributed by atoms with Gasteiger partial charge in [-0.05, 0) is 17.2 Å². The highest BCUT2D eigenvalue weighted by Gasteiger charge is 1.94. The average Bonchev–Trinajstić information content (AvgIpc) is 2.27. The molecule has 0 saturated carbocycles. The van der Waals surface area contributed by atoms with E-state index in [2.05, 4.69) is 4.74 Å². The lowest BCUT2D eigenvalue weighted by atomic mass is 10.1. The van der Waals surface area contributed by atoms with Gasteiger partial charge in [-0.25, -0.2) is 4.79 Å². The van der Waals surface area contributed by atoms with Gasteiger partial charge in [0.05, 0.1) is 7.11 Å². The molecule has 0 bridgehead atoms. The molecule has 0 radical (unpaired) electrons. The van der Waals surface area contributed by atoms with Gasteiger partial charge in [0.15, 0.2) is 0 Å². The first-order valence-electron chi connectivity index (χ1n) is 4.50. The van der Waals surface area contributed by atoms with Crippen molar-refractivity contribution in [2.24, 2.45) is 0 Å². The number of hydrogen-bond acceptors (Lipinski definition) is 2. The van der Waals surface area contributed by atoms with Gasteiger partial charge < -0.3 is 4.74 Å². The van der Waals surface area contributed by atoms with E-state index in [9.17, 15) is 13.6 Å². The van der Waals surface area contributed by atoms with Gasteiger partial charge in [0.2, 0.25) is 0 Å². The Morgan fingerprint density at radius 2 is 1.75 bits per heavy atom. The highest BCUT2D eigenvalue weighted by atomic mass is 19.3. The van der Waals surface area contributed by atoms with Crippen LogP contribution >= 0.6 is 0 Å². The van der Waals surface area contributed by atoms with Crippen molar-refractivity contribution >= 4 is 18.1 Å². The first-order chi connectivity index (χ1) is 7.61. The summed E-state index contributed by atoms with van der Waals surface area (Å²) in [4.78, 5) is 10.8. The molecule has 1 aromatic carbocycles. The summed E-state index contributed by atoms with van der Waals surface area (Å²) in [6, 6.07) is 6.34. The lowest BCUT2D eigenvalue weighted by Crippen LogP contribution is -1.93. The molecular formula is C12H10F2O2. The van der Waals surface area contributed by atoms with Crippen LogP contribution in [0.15, 0.2) is 36.4 Å². The third kappa shape index (κ3) is 4.04. The van der Waals surface area contributed by atoms with Crippen LogP contribution in [0.5, 0.6) is 0 Å². The number of ether oxygens (including phenoxy) is 1. The molecule has 0 saturated heterocycles. The van der Waals surface area contributed by atoms with Gasteiger partial charge in [-0.1, -0.05) is 24.3 Å². The molecule has 0 spiro atoms. The number of esters is 1. The molecule has 0 aliphatic carbocycles. The molecule has 0 heterocycles. The molecule has 0 aromatic heterocycles. The van der Waals surface area contributed by atoms with Crippen LogP contribution in [0.4, 0.5) is 8.78 Å². The molecule has 16 heavy (non-hydrogen) atoms. The molecule has 0 unspecified atom stereocenters. The summed E-state index contributed by atoms with van der Waals surface area (Å²) in [7, 11) is 1.28. The Bertz CT molecular complexity index is 415. The number of hydrogen-bond donors (Lipinski definition) is 0. The molecule has 0 aliphatic heterocycles. The minimum Gasteiger partial charge on any atom is -0.466 e. The lowest BCUT2D eigenvalue weighted by Gasteiger charge is -1.95. The number of carbonyl (C=O) groups is 1. The van der Waals surface area contributed by atoms with E-state index < -0.39 is 12.0 Å². The average molecular weight is 224 g/mol. The van der Waals surface area contributed by atoms with Crippen LogP contribution < -0.4 is 0 Å². The number of halogens is 2. The van der Waals surface area contributed by atoms with E-state index in [1.54, 1.807) is 18.2 Å². The highest BCUT2D eigenvalue weighted by Crippen LogP contribution is 2.11. The summed E-state index contributed by atoms with van der Waals surface area (Å²) in [5, 5.41) is 0. The van der Waals surface area contributed by atoms with Crippen LogP contribution in [0, 0.1) is 0 Å². The van der Waals surface area contributed by atoms with Crippen molar-refractivity contribution in [3.8, 4) is 0 Å². The van der Waals surface area contributed by atoms with E-state index in [-0.39, 0.29) is 0 Å². The van der Waals surface area contributed by atoms with Crippen molar-refractivity contribution in [3.63, 3.8) is 0 Å². The molecule has 84 valence electrons. The Labute approximate surface area is 91.8 Å². The second-order valence-electron chi connectivity index (χ2n) is 2.96. The molecule has 1 rings (SSSR count). The van der Waals surface area contributed by atoms with Crippen molar-refractivity contribution in [1.29, 1.82) is 0 Å². The van der Waals surface area contributed by atoms with Gasteiger partial charge in [-0.2, -0.15) is 8.78 Å². The Hall–Kier alpha value is -1.97. The van der Waals surface area contributed by atoms with Crippen LogP contribution in [0.3, 0.4) is 0 Å². The quantitative estimate of drug-likeness (QED) is 0.582. The normalized spacial score (nSPS) is 10.2. The van der Waals surface area contributed by atoms with Crippen LogP contribution in [0.25, 0.3) is 12.2 Å². The first kappa shape index (κ1) is 12.1. The number of benzene rings is 1. The molecule has 0 aliphatic rings. The van der Waals surface area contributed by atoms with Gasteiger partial charge in [0.25, 0.3) is 6.08 Å². The molecule has 0 atom stereocenters. The van der Waals surface area contributed by atoms with Crippen LogP contribution in [0.1, 0.15) is 11.1 Å². The van der Waals surface area contributed by atoms with Gasteiger partial charge >= 0.3 is 5.97 Å². The second-order valence-corrected chi connectivity index (χ2v) is 2.96. The van der Waals surface area contributed by atoms with Gasteiger partial charge in [0.1, 0.15) is 0 Å². The van der Waals surface area contributed by atoms with Crippen LogP contribution in [-0.2, 0) is 9.53 Å². The summed E-state index contributed by atoms with van der Waals surface area (Å²) in [5.41, 5.74) is 1.15. The Morgan fingerprint density at radius 3 is 2.25 bits per heavy atom. The molecule has 1 aromatic rings. The smallest absolute Gasteiger partial charge is 0.330 e. The Kier molecular flexibility index (Phi) is 4.39. The summed E-state index contributed by atoms with van der Waals surface area (Å²) < 4.78 is 28.2. The highest BCUT2D eigenvalue weighted by molar-refractivity contribution is 5.86. The SMILES string of the molecule is COC(=O)/C=C/c1ccc(C=C(F)F)cc1. The standard InChI is InChI=1S/C12H10F2O2/c1-16-12(15)7-6-9-2-4-10(5-3-9)8-11(13)14/h2-8H,1H3/b7-6+. The summed E-state index contributed by atoms with van der Waals surface area (Å²) >= 11 is 0. The number of carbonyl (C=O) groups excluding carboxylic acids is 1. The minimum absolute atomic E-state index is 0.412. The van der Waals surface area contributed by atoms with Crippen LogP contribution in [0.2, 0.25) is 0 Å². The van der Waals surface area contributed by atoms with E-state index in [1.807, 2.05) is 0 Å². The maximum atomic E-state index is 11.9. The predicted molar refractivity (Wildman–Crippen MR) is 57.7 cm³/mol. The predicted octanol–water partition coefficient (Wildman–Crippen LogP) is 3.11. The van der Waals surface area contributed by atoms with Gasteiger partial charge in [-0.15, -0.1) is 0 Å². The summed E-state index contributed by atoms with van der Waals surface area (Å²) in [5.74, 6) is -0.459. The van der Waals surface area contributed by atoms with Gasteiger partial charge in [-0.3, -0.25) is 0 Å². The maximum Gasteiger partial charge on any atom is 0.330 e. The number of rotatable bonds is 3. The van der Waals surface area contributed by atoms with E-state index in [1.165, 1.54) is 25.3 Å². The van der Waals surface area contributed by atoms with Crippen LogP contribution in [-0.4, -0.2) is 13.1 Å². The molecule has 0 N–H and O–H groups in total. The molecular weight excluding hydrogens is 214 g/mol. The van der Waals surface area contributed by atoms with E-state index >= 15 is 0 Å². The first-order valence-corrected chi connectivity index (χ1v) is 4.50. The number of methoxy groups -OCH3 is 1. The molecule has 0 amide bonds. The fourth-order valence-corrected chi connectivity index (χ4v) is 1.06. The zero-order chi connectivity index (χ0) is 12.0. The van der Waals surface area contributed by atoms with Crippen molar-refractivity contribution < 1.29 is 18.3 Å².